The fourth-order valence-electron chi connectivity index (χ4n) is 1.90. The number of benzene rings is 1. The summed E-state index contributed by atoms with van der Waals surface area (Å²) < 4.78 is 5.81. The van der Waals surface area contributed by atoms with Crippen LogP contribution in [-0.2, 0) is 6.54 Å². The van der Waals surface area contributed by atoms with Crippen LogP contribution in [0.1, 0.15) is 24.2 Å². The number of fused-ring (bicyclic) bond motifs is 1. The lowest BCUT2D eigenvalue weighted by molar-refractivity contribution is 0.511. The molecule has 0 radical (unpaired) electrons. The van der Waals surface area contributed by atoms with E-state index in [1.165, 1.54) is 12.8 Å². The highest BCUT2D eigenvalue weighted by Crippen LogP contribution is 2.29. The molecule has 1 aliphatic rings. The maximum absolute atomic E-state index is 6.14. The van der Waals surface area contributed by atoms with Gasteiger partial charge >= 0.3 is 0 Å². The van der Waals surface area contributed by atoms with Gasteiger partial charge in [-0.15, -0.1) is 0 Å². The molecule has 0 unspecified atom stereocenters. The van der Waals surface area contributed by atoms with Crippen LogP contribution in [0.5, 0.6) is 0 Å². The molecule has 0 bridgehead atoms. The minimum absolute atomic E-state index is 0.699. The van der Waals surface area contributed by atoms with Gasteiger partial charge in [-0.25, -0.2) is 0 Å². The lowest BCUT2D eigenvalue weighted by atomic mass is 10.2. The zero-order valence-corrected chi connectivity index (χ0v) is 9.97. The Kier molecular flexibility index (Phi) is 2.41. The van der Waals surface area contributed by atoms with Crippen LogP contribution in [0.25, 0.3) is 11.0 Å². The van der Waals surface area contributed by atoms with Crippen molar-refractivity contribution in [3.05, 3.63) is 34.5 Å². The molecule has 2 aromatic rings. The van der Waals surface area contributed by atoms with Crippen molar-refractivity contribution in [3.8, 4) is 0 Å². The van der Waals surface area contributed by atoms with Gasteiger partial charge in [-0.3, -0.25) is 0 Å². The highest BCUT2D eigenvalue weighted by Gasteiger charge is 2.20. The van der Waals surface area contributed by atoms with Gasteiger partial charge in [0.25, 0.3) is 0 Å². The highest BCUT2D eigenvalue weighted by molar-refractivity contribution is 6.35. The van der Waals surface area contributed by atoms with Crippen LogP contribution in [-0.4, -0.2) is 6.04 Å². The molecule has 1 heterocycles. The van der Waals surface area contributed by atoms with Gasteiger partial charge in [0.2, 0.25) is 0 Å². The van der Waals surface area contributed by atoms with E-state index in [0.717, 1.165) is 33.9 Å². The van der Waals surface area contributed by atoms with Gasteiger partial charge in [0.05, 0.1) is 11.6 Å². The first-order valence-electron chi connectivity index (χ1n) is 5.65. The molecular formula is C13H14ClNO. The van der Waals surface area contributed by atoms with E-state index in [-0.39, 0.29) is 0 Å². The molecular weight excluding hydrogens is 222 g/mol. The fraction of sp³-hybridized carbons (Fsp3) is 0.385. The summed E-state index contributed by atoms with van der Waals surface area (Å²) in [5.41, 5.74) is 2.05. The van der Waals surface area contributed by atoms with E-state index in [0.29, 0.717) is 6.04 Å². The number of furan rings is 1. The molecule has 2 nitrogen and oxygen atoms in total. The highest BCUT2D eigenvalue weighted by atomic mass is 35.5. The maximum atomic E-state index is 6.14. The molecule has 0 spiro atoms. The molecule has 1 aliphatic carbocycles. The van der Waals surface area contributed by atoms with E-state index < -0.39 is 0 Å². The van der Waals surface area contributed by atoms with E-state index in [2.05, 4.69) is 5.32 Å². The molecule has 16 heavy (non-hydrogen) atoms. The molecule has 1 aromatic carbocycles. The van der Waals surface area contributed by atoms with Crippen LogP contribution >= 0.6 is 11.6 Å². The van der Waals surface area contributed by atoms with E-state index in [9.17, 15) is 0 Å². The number of rotatable bonds is 3. The van der Waals surface area contributed by atoms with E-state index in [1.54, 1.807) is 0 Å². The van der Waals surface area contributed by atoms with Crippen LogP contribution in [0.4, 0.5) is 0 Å². The summed E-state index contributed by atoms with van der Waals surface area (Å²) >= 11 is 6.14. The van der Waals surface area contributed by atoms with Crippen molar-refractivity contribution in [3.63, 3.8) is 0 Å². The molecule has 0 aliphatic heterocycles. The summed E-state index contributed by atoms with van der Waals surface area (Å²) in [6.07, 6.45) is 2.58. The first kappa shape index (κ1) is 10.2. The van der Waals surface area contributed by atoms with Gasteiger partial charge < -0.3 is 9.73 Å². The van der Waals surface area contributed by atoms with Crippen LogP contribution in [0.2, 0.25) is 5.02 Å². The Balaban J connectivity index is 1.94. The van der Waals surface area contributed by atoms with Crippen molar-refractivity contribution in [2.45, 2.75) is 32.4 Å². The van der Waals surface area contributed by atoms with Gasteiger partial charge in [0.15, 0.2) is 0 Å². The first-order chi connectivity index (χ1) is 7.74. The predicted octanol–water partition coefficient (Wildman–Crippen LogP) is 3.65. The quantitative estimate of drug-likeness (QED) is 0.879. The van der Waals surface area contributed by atoms with Gasteiger partial charge in [-0.2, -0.15) is 0 Å². The molecule has 84 valence electrons. The molecule has 1 fully saturated rings. The van der Waals surface area contributed by atoms with Crippen LogP contribution in [0.15, 0.2) is 22.6 Å². The second-order valence-electron chi connectivity index (χ2n) is 4.47. The van der Waals surface area contributed by atoms with Crippen molar-refractivity contribution in [1.29, 1.82) is 0 Å². The minimum Gasteiger partial charge on any atom is -0.459 e. The third-order valence-corrected chi connectivity index (χ3v) is 3.35. The monoisotopic (exact) mass is 235 g/mol. The SMILES string of the molecule is Cc1ccc(Cl)c2cc(CNC3CC3)oc12. The molecule has 0 atom stereocenters. The molecule has 1 saturated carbocycles. The van der Waals surface area contributed by atoms with E-state index in [1.807, 2.05) is 25.1 Å². The Morgan fingerprint density at radius 2 is 2.25 bits per heavy atom. The number of hydrogen-bond acceptors (Lipinski definition) is 2. The van der Waals surface area contributed by atoms with Crippen molar-refractivity contribution in [2.24, 2.45) is 0 Å². The lowest BCUT2D eigenvalue weighted by Gasteiger charge is -1.97. The molecule has 0 amide bonds. The summed E-state index contributed by atoms with van der Waals surface area (Å²) in [5.74, 6) is 0.970. The average Bonchev–Trinajstić information content (AvgIpc) is 2.99. The molecule has 3 heteroatoms. The predicted molar refractivity (Wildman–Crippen MR) is 65.8 cm³/mol. The van der Waals surface area contributed by atoms with Gasteiger partial charge in [0.1, 0.15) is 11.3 Å². The van der Waals surface area contributed by atoms with E-state index in [4.69, 9.17) is 16.0 Å². The molecule has 1 N–H and O–H groups in total. The third kappa shape index (κ3) is 1.83. The van der Waals surface area contributed by atoms with Crippen LogP contribution in [0.3, 0.4) is 0 Å². The largest absolute Gasteiger partial charge is 0.459 e. The summed E-state index contributed by atoms with van der Waals surface area (Å²) in [6.45, 7) is 2.84. The fourth-order valence-corrected chi connectivity index (χ4v) is 2.10. The zero-order chi connectivity index (χ0) is 11.1. The zero-order valence-electron chi connectivity index (χ0n) is 9.22. The molecule has 1 aromatic heterocycles. The number of nitrogens with one attached hydrogen (secondary N) is 1. The Labute approximate surface area is 99.6 Å². The summed E-state index contributed by atoms with van der Waals surface area (Å²) in [7, 11) is 0. The Morgan fingerprint density at radius 1 is 1.44 bits per heavy atom. The van der Waals surface area contributed by atoms with Crippen molar-refractivity contribution < 1.29 is 4.42 Å². The summed E-state index contributed by atoms with van der Waals surface area (Å²) in [4.78, 5) is 0. The summed E-state index contributed by atoms with van der Waals surface area (Å²) in [5, 5.41) is 5.22. The average molecular weight is 236 g/mol. The van der Waals surface area contributed by atoms with Crippen molar-refractivity contribution in [1.82, 2.24) is 5.32 Å². The maximum Gasteiger partial charge on any atom is 0.138 e. The Morgan fingerprint density at radius 3 is 2.94 bits per heavy atom. The van der Waals surface area contributed by atoms with Gasteiger partial charge in [-0.05, 0) is 37.5 Å². The minimum atomic E-state index is 0.699. The van der Waals surface area contributed by atoms with Crippen molar-refractivity contribution >= 4 is 22.6 Å². The Hall–Kier alpha value is -0.990. The normalized spacial score (nSPS) is 15.9. The van der Waals surface area contributed by atoms with Crippen LogP contribution < -0.4 is 5.32 Å². The van der Waals surface area contributed by atoms with Gasteiger partial charge in [0, 0.05) is 11.4 Å². The van der Waals surface area contributed by atoms with Crippen LogP contribution in [0, 0.1) is 6.92 Å². The first-order valence-corrected chi connectivity index (χ1v) is 6.03. The standard InChI is InChI=1S/C13H14ClNO/c1-8-2-5-12(14)11-6-10(16-13(8)11)7-15-9-3-4-9/h2,5-6,9,15H,3-4,7H2,1H3. The smallest absolute Gasteiger partial charge is 0.138 e. The topological polar surface area (TPSA) is 25.2 Å². The number of halogens is 1. The van der Waals surface area contributed by atoms with Gasteiger partial charge in [-0.1, -0.05) is 17.7 Å². The number of aryl methyl sites for hydroxylation is 1. The lowest BCUT2D eigenvalue weighted by Crippen LogP contribution is -2.14. The summed E-state index contributed by atoms with van der Waals surface area (Å²) in [6, 6.07) is 6.66. The Bertz CT molecular complexity index is 489. The molecule has 3 rings (SSSR count). The molecule has 0 saturated heterocycles. The van der Waals surface area contributed by atoms with Crippen molar-refractivity contribution in [2.75, 3.05) is 0 Å². The van der Waals surface area contributed by atoms with E-state index >= 15 is 0 Å². The second-order valence-corrected chi connectivity index (χ2v) is 4.88. The number of hydrogen-bond donors (Lipinski definition) is 1. The second kappa shape index (κ2) is 3.79. The third-order valence-electron chi connectivity index (χ3n) is 3.02.